The average molecular weight is 475 g/mol. The Labute approximate surface area is 203 Å². The summed E-state index contributed by atoms with van der Waals surface area (Å²) in [6.45, 7) is 1.90. The number of urea groups is 1. The summed E-state index contributed by atoms with van der Waals surface area (Å²) in [5, 5.41) is 5.44. The lowest BCUT2D eigenvalue weighted by Gasteiger charge is -2.22. The van der Waals surface area contributed by atoms with Crippen LogP contribution in [0.3, 0.4) is 0 Å². The van der Waals surface area contributed by atoms with Gasteiger partial charge >= 0.3 is 6.03 Å². The van der Waals surface area contributed by atoms with Gasteiger partial charge in [0, 0.05) is 24.5 Å². The molecule has 2 heterocycles. The zero-order valence-corrected chi connectivity index (χ0v) is 19.5. The third-order valence-electron chi connectivity index (χ3n) is 5.79. The standard InChI is InChI=1S/C26H26N4O5/c1-26(20-7-11-21(34-2)12-8-20)24(32)30(25(33)29-26)16-23(31)28-15-18-5-9-22(10-6-18)35-17-19-4-3-13-27-14-19/h3-14H,15-17H2,1-2H3,(H,28,31)(H,29,33). The molecule has 1 saturated heterocycles. The van der Waals surface area contributed by atoms with Crippen LogP contribution < -0.4 is 20.1 Å². The summed E-state index contributed by atoms with van der Waals surface area (Å²) in [6.07, 6.45) is 3.45. The van der Waals surface area contributed by atoms with Gasteiger partial charge in [-0.2, -0.15) is 0 Å². The van der Waals surface area contributed by atoms with Crippen LogP contribution in [0.2, 0.25) is 0 Å². The van der Waals surface area contributed by atoms with Crippen molar-refractivity contribution >= 4 is 17.8 Å². The minimum absolute atomic E-state index is 0.251. The highest BCUT2D eigenvalue weighted by atomic mass is 16.5. The number of hydrogen-bond donors (Lipinski definition) is 2. The van der Waals surface area contributed by atoms with Crippen molar-refractivity contribution in [2.45, 2.75) is 25.6 Å². The molecule has 2 N–H and O–H groups in total. The SMILES string of the molecule is COc1ccc(C2(C)NC(=O)N(CC(=O)NCc3ccc(OCc4cccnc4)cc3)C2=O)cc1. The Balaban J connectivity index is 1.29. The van der Waals surface area contributed by atoms with E-state index in [9.17, 15) is 14.4 Å². The van der Waals surface area contributed by atoms with E-state index in [0.717, 1.165) is 16.0 Å². The molecule has 0 aliphatic carbocycles. The van der Waals surface area contributed by atoms with Gasteiger partial charge in [0.2, 0.25) is 5.91 Å². The molecule has 9 nitrogen and oxygen atoms in total. The second kappa shape index (κ2) is 10.3. The summed E-state index contributed by atoms with van der Waals surface area (Å²) in [7, 11) is 1.55. The highest BCUT2D eigenvalue weighted by Gasteiger charge is 2.49. The number of pyridine rings is 1. The van der Waals surface area contributed by atoms with E-state index in [0.29, 0.717) is 23.7 Å². The van der Waals surface area contributed by atoms with Crippen LogP contribution in [-0.2, 0) is 28.3 Å². The lowest BCUT2D eigenvalue weighted by molar-refractivity contribution is -0.134. The van der Waals surface area contributed by atoms with Crippen molar-refractivity contribution < 1.29 is 23.9 Å². The van der Waals surface area contributed by atoms with Crippen LogP contribution in [0.5, 0.6) is 11.5 Å². The maximum Gasteiger partial charge on any atom is 0.325 e. The number of carbonyl (C=O) groups excluding carboxylic acids is 3. The molecule has 0 radical (unpaired) electrons. The van der Waals surface area contributed by atoms with Crippen LogP contribution in [0.25, 0.3) is 0 Å². The number of imide groups is 1. The van der Waals surface area contributed by atoms with Gasteiger partial charge in [0.25, 0.3) is 5.91 Å². The van der Waals surface area contributed by atoms with Gasteiger partial charge in [0.1, 0.15) is 30.2 Å². The van der Waals surface area contributed by atoms with E-state index >= 15 is 0 Å². The smallest absolute Gasteiger partial charge is 0.325 e. The number of benzene rings is 2. The van der Waals surface area contributed by atoms with Gasteiger partial charge < -0.3 is 20.1 Å². The first kappa shape index (κ1) is 23.7. The van der Waals surface area contributed by atoms with Crippen molar-refractivity contribution in [2.75, 3.05) is 13.7 Å². The fourth-order valence-electron chi connectivity index (χ4n) is 3.71. The zero-order chi connectivity index (χ0) is 24.8. The predicted octanol–water partition coefficient (Wildman–Crippen LogP) is 2.75. The predicted molar refractivity (Wildman–Crippen MR) is 127 cm³/mol. The minimum atomic E-state index is -1.25. The van der Waals surface area contributed by atoms with Gasteiger partial charge in [0.15, 0.2) is 0 Å². The Morgan fingerprint density at radius 1 is 1.03 bits per heavy atom. The molecule has 180 valence electrons. The van der Waals surface area contributed by atoms with Crippen molar-refractivity contribution in [1.82, 2.24) is 20.5 Å². The van der Waals surface area contributed by atoms with Gasteiger partial charge in [-0.05, 0) is 48.4 Å². The Kier molecular flexibility index (Phi) is 6.96. The largest absolute Gasteiger partial charge is 0.497 e. The van der Waals surface area contributed by atoms with Crippen molar-refractivity contribution in [3.8, 4) is 11.5 Å². The van der Waals surface area contributed by atoms with E-state index in [1.165, 1.54) is 0 Å². The monoisotopic (exact) mass is 474 g/mol. The topological polar surface area (TPSA) is 110 Å². The molecule has 2 aromatic carbocycles. The van der Waals surface area contributed by atoms with Gasteiger partial charge in [0.05, 0.1) is 7.11 Å². The van der Waals surface area contributed by atoms with Crippen LogP contribution in [0.4, 0.5) is 4.79 Å². The second-order valence-electron chi connectivity index (χ2n) is 8.25. The highest BCUT2D eigenvalue weighted by Crippen LogP contribution is 2.29. The molecule has 1 unspecified atom stereocenters. The second-order valence-corrected chi connectivity index (χ2v) is 8.25. The van der Waals surface area contributed by atoms with Crippen molar-refractivity contribution in [2.24, 2.45) is 0 Å². The molecule has 0 saturated carbocycles. The molecule has 4 rings (SSSR count). The first-order valence-corrected chi connectivity index (χ1v) is 11.0. The van der Waals surface area contributed by atoms with Crippen molar-refractivity contribution in [1.29, 1.82) is 0 Å². The average Bonchev–Trinajstić information content (AvgIpc) is 3.11. The number of rotatable bonds is 9. The molecule has 0 spiro atoms. The fraction of sp³-hybridized carbons (Fsp3) is 0.231. The zero-order valence-electron chi connectivity index (χ0n) is 19.5. The molecule has 1 fully saturated rings. The van der Waals surface area contributed by atoms with E-state index in [4.69, 9.17) is 9.47 Å². The molecule has 1 atom stereocenters. The quantitative estimate of drug-likeness (QED) is 0.462. The van der Waals surface area contributed by atoms with Crippen LogP contribution in [0, 0.1) is 0 Å². The van der Waals surface area contributed by atoms with E-state index in [-0.39, 0.29) is 13.1 Å². The molecular formula is C26H26N4O5. The summed E-state index contributed by atoms with van der Waals surface area (Å²) >= 11 is 0. The van der Waals surface area contributed by atoms with Crippen LogP contribution in [-0.4, -0.2) is 41.4 Å². The van der Waals surface area contributed by atoms with E-state index < -0.39 is 23.4 Å². The van der Waals surface area contributed by atoms with Crippen molar-refractivity contribution in [3.05, 3.63) is 89.7 Å². The van der Waals surface area contributed by atoms with Crippen LogP contribution in [0.15, 0.2) is 73.1 Å². The normalized spacial score (nSPS) is 17.1. The summed E-state index contributed by atoms with van der Waals surface area (Å²) in [4.78, 5) is 43.0. The molecule has 0 bridgehead atoms. The summed E-state index contributed by atoms with van der Waals surface area (Å²) < 4.78 is 10.9. The first-order valence-electron chi connectivity index (χ1n) is 11.0. The highest BCUT2D eigenvalue weighted by molar-refractivity contribution is 6.09. The Bertz CT molecular complexity index is 1200. The third-order valence-corrected chi connectivity index (χ3v) is 5.79. The molecule has 35 heavy (non-hydrogen) atoms. The summed E-state index contributed by atoms with van der Waals surface area (Å²) in [6, 6.07) is 17.3. The number of ether oxygens (including phenoxy) is 2. The van der Waals surface area contributed by atoms with Crippen molar-refractivity contribution in [3.63, 3.8) is 0 Å². The molecule has 1 aliphatic heterocycles. The molecular weight excluding hydrogens is 448 g/mol. The Hall–Kier alpha value is -4.40. The minimum Gasteiger partial charge on any atom is -0.497 e. The van der Waals surface area contributed by atoms with Gasteiger partial charge in [-0.15, -0.1) is 0 Å². The molecule has 3 aromatic rings. The Morgan fingerprint density at radius 3 is 2.40 bits per heavy atom. The number of nitrogens with zero attached hydrogens (tertiary/aromatic N) is 2. The third kappa shape index (κ3) is 5.40. The van der Waals surface area contributed by atoms with E-state index in [1.807, 2.05) is 36.4 Å². The fourth-order valence-corrected chi connectivity index (χ4v) is 3.71. The van der Waals surface area contributed by atoms with Crippen LogP contribution in [0.1, 0.15) is 23.6 Å². The van der Waals surface area contributed by atoms with E-state index in [1.54, 1.807) is 50.7 Å². The number of amides is 4. The molecule has 1 aliphatic rings. The van der Waals surface area contributed by atoms with Gasteiger partial charge in [-0.1, -0.05) is 30.3 Å². The summed E-state index contributed by atoms with van der Waals surface area (Å²) in [5.41, 5.74) is 1.17. The molecule has 4 amide bonds. The number of methoxy groups -OCH3 is 1. The Morgan fingerprint density at radius 2 is 1.74 bits per heavy atom. The lowest BCUT2D eigenvalue weighted by Crippen LogP contribution is -2.43. The number of nitrogens with one attached hydrogen (secondary N) is 2. The molecule has 9 heteroatoms. The lowest BCUT2D eigenvalue weighted by atomic mass is 9.92. The number of aromatic nitrogens is 1. The summed E-state index contributed by atoms with van der Waals surface area (Å²) in [5.74, 6) is 0.404. The molecule has 1 aromatic heterocycles. The van der Waals surface area contributed by atoms with Gasteiger partial charge in [-0.25, -0.2) is 4.79 Å². The number of carbonyl (C=O) groups is 3. The maximum absolute atomic E-state index is 13.0. The first-order chi connectivity index (χ1) is 16.9. The van der Waals surface area contributed by atoms with Crippen LogP contribution >= 0.6 is 0 Å². The maximum atomic E-state index is 13.0. The van der Waals surface area contributed by atoms with E-state index in [2.05, 4.69) is 15.6 Å². The number of hydrogen-bond acceptors (Lipinski definition) is 6. The van der Waals surface area contributed by atoms with Gasteiger partial charge in [-0.3, -0.25) is 19.5 Å².